The Morgan fingerprint density at radius 3 is 2.05 bits per heavy atom. The first-order valence-corrected chi connectivity index (χ1v) is 6.95. The van der Waals surface area contributed by atoms with Crippen LogP contribution in [0.15, 0.2) is 24.3 Å². The highest BCUT2D eigenvalue weighted by molar-refractivity contribution is 5.94. The lowest BCUT2D eigenvalue weighted by molar-refractivity contribution is -0.137. The zero-order valence-corrected chi connectivity index (χ0v) is 12.6. The molecule has 1 aromatic carbocycles. The third-order valence-electron chi connectivity index (χ3n) is 3.28. The number of aliphatic carboxylic acids is 1. The minimum atomic E-state index is -0.890. The van der Waals surface area contributed by atoms with Crippen LogP contribution in [0.3, 0.4) is 0 Å². The van der Waals surface area contributed by atoms with Crippen LogP contribution in [0, 0.1) is 0 Å². The van der Waals surface area contributed by atoms with E-state index in [1.807, 2.05) is 38.1 Å². The van der Waals surface area contributed by atoms with Gasteiger partial charge >= 0.3 is 5.97 Å². The van der Waals surface area contributed by atoms with E-state index in [-0.39, 0.29) is 24.9 Å². The number of hydrogen-bond acceptors (Lipinski definition) is 2. The fourth-order valence-electron chi connectivity index (χ4n) is 1.99. The quantitative estimate of drug-likeness (QED) is 0.869. The van der Waals surface area contributed by atoms with Gasteiger partial charge in [0.2, 0.25) is 0 Å². The normalized spacial score (nSPS) is 10.9. The van der Waals surface area contributed by atoms with Crippen LogP contribution in [0.2, 0.25) is 0 Å². The molecule has 0 unspecified atom stereocenters. The lowest BCUT2D eigenvalue weighted by Crippen LogP contribution is -2.38. The Balaban J connectivity index is 2.86. The predicted octanol–water partition coefficient (Wildman–Crippen LogP) is 3.14. The SMILES string of the molecule is CC(C)c1ccc(C(=O)N(CCC(=O)O)C(C)C)cc1. The average Bonchev–Trinajstić information content (AvgIpc) is 2.38. The molecule has 0 bridgehead atoms. The number of carbonyl (C=O) groups is 2. The third kappa shape index (κ3) is 4.37. The first-order valence-electron chi connectivity index (χ1n) is 6.95. The summed E-state index contributed by atoms with van der Waals surface area (Å²) in [6, 6.07) is 7.51. The molecule has 0 fully saturated rings. The molecule has 0 radical (unpaired) electrons. The van der Waals surface area contributed by atoms with Crippen molar-refractivity contribution in [3.8, 4) is 0 Å². The topological polar surface area (TPSA) is 57.6 Å². The molecule has 4 nitrogen and oxygen atoms in total. The van der Waals surface area contributed by atoms with Gasteiger partial charge in [-0.15, -0.1) is 0 Å². The Morgan fingerprint density at radius 1 is 1.10 bits per heavy atom. The van der Waals surface area contributed by atoms with Crippen LogP contribution in [0.4, 0.5) is 0 Å². The van der Waals surface area contributed by atoms with Gasteiger partial charge in [-0.2, -0.15) is 0 Å². The Kier molecular flexibility index (Phi) is 5.74. The molecule has 0 aliphatic heterocycles. The van der Waals surface area contributed by atoms with Gasteiger partial charge in [-0.25, -0.2) is 0 Å². The van der Waals surface area contributed by atoms with E-state index in [9.17, 15) is 9.59 Å². The maximum absolute atomic E-state index is 12.4. The van der Waals surface area contributed by atoms with Crippen molar-refractivity contribution < 1.29 is 14.7 Å². The van der Waals surface area contributed by atoms with Crippen molar-refractivity contribution in [1.82, 2.24) is 4.90 Å². The molecule has 4 heteroatoms. The van der Waals surface area contributed by atoms with Crippen molar-refractivity contribution in [2.75, 3.05) is 6.54 Å². The monoisotopic (exact) mass is 277 g/mol. The number of benzene rings is 1. The maximum Gasteiger partial charge on any atom is 0.305 e. The number of carboxylic acid groups (broad SMARTS) is 1. The second-order valence-corrected chi connectivity index (χ2v) is 5.51. The molecule has 0 aliphatic carbocycles. The molecule has 1 amide bonds. The molecule has 1 rings (SSSR count). The van der Waals surface area contributed by atoms with Gasteiger partial charge in [0.25, 0.3) is 5.91 Å². The molecule has 0 heterocycles. The van der Waals surface area contributed by atoms with Gasteiger partial charge in [0.15, 0.2) is 0 Å². The Bertz CT molecular complexity index is 463. The maximum atomic E-state index is 12.4. The van der Waals surface area contributed by atoms with E-state index in [4.69, 9.17) is 5.11 Å². The van der Waals surface area contributed by atoms with Crippen LogP contribution in [0.1, 0.15) is 56.0 Å². The molecule has 0 spiro atoms. The van der Waals surface area contributed by atoms with Gasteiger partial charge < -0.3 is 10.0 Å². The van der Waals surface area contributed by atoms with Crippen molar-refractivity contribution in [2.45, 2.75) is 46.1 Å². The largest absolute Gasteiger partial charge is 0.481 e. The van der Waals surface area contributed by atoms with Crippen molar-refractivity contribution in [3.63, 3.8) is 0 Å². The summed E-state index contributed by atoms with van der Waals surface area (Å²) in [4.78, 5) is 24.7. The lowest BCUT2D eigenvalue weighted by Gasteiger charge is -2.26. The van der Waals surface area contributed by atoms with Crippen molar-refractivity contribution in [1.29, 1.82) is 0 Å². The first kappa shape index (κ1) is 16.2. The standard InChI is InChI=1S/C16H23NO3/c1-11(2)13-5-7-14(8-6-13)16(20)17(12(3)4)10-9-15(18)19/h5-8,11-12H,9-10H2,1-4H3,(H,18,19). The van der Waals surface area contributed by atoms with Crippen LogP contribution in [-0.4, -0.2) is 34.5 Å². The summed E-state index contributed by atoms with van der Waals surface area (Å²) >= 11 is 0. The average molecular weight is 277 g/mol. The van der Waals surface area contributed by atoms with E-state index in [1.165, 1.54) is 5.56 Å². The highest BCUT2D eigenvalue weighted by Gasteiger charge is 2.19. The predicted molar refractivity (Wildman–Crippen MR) is 79.0 cm³/mol. The highest BCUT2D eigenvalue weighted by atomic mass is 16.4. The molecule has 110 valence electrons. The van der Waals surface area contributed by atoms with Crippen molar-refractivity contribution >= 4 is 11.9 Å². The zero-order valence-electron chi connectivity index (χ0n) is 12.6. The summed E-state index contributed by atoms with van der Waals surface area (Å²) in [6.07, 6.45) is -0.0337. The fraction of sp³-hybridized carbons (Fsp3) is 0.500. The molecular weight excluding hydrogens is 254 g/mol. The molecule has 0 aliphatic rings. The van der Waals surface area contributed by atoms with Gasteiger partial charge in [0.05, 0.1) is 6.42 Å². The summed E-state index contributed by atoms with van der Waals surface area (Å²) in [5, 5.41) is 8.76. The van der Waals surface area contributed by atoms with Gasteiger partial charge in [-0.3, -0.25) is 9.59 Å². The molecule has 0 aromatic heterocycles. The van der Waals surface area contributed by atoms with Crippen LogP contribution in [0.25, 0.3) is 0 Å². The number of carbonyl (C=O) groups excluding carboxylic acids is 1. The van der Waals surface area contributed by atoms with E-state index in [2.05, 4.69) is 13.8 Å². The van der Waals surface area contributed by atoms with E-state index in [0.717, 1.165) is 0 Å². The minimum Gasteiger partial charge on any atom is -0.481 e. The van der Waals surface area contributed by atoms with Gasteiger partial charge in [-0.05, 0) is 37.5 Å². The van der Waals surface area contributed by atoms with E-state index in [0.29, 0.717) is 11.5 Å². The summed E-state index contributed by atoms with van der Waals surface area (Å²) in [5.41, 5.74) is 1.79. The lowest BCUT2D eigenvalue weighted by atomic mass is 10.0. The van der Waals surface area contributed by atoms with Gasteiger partial charge in [0, 0.05) is 18.2 Å². The first-order chi connectivity index (χ1) is 9.32. The molecule has 0 saturated heterocycles. The van der Waals surface area contributed by atoms with Crippen LogP contribution >= 0.6 is 0 Å². The summed E-state index contributed by atoms with van der Waals surface area (Å²) < 4.78 is 0. The third-order valence-corrected chi connectivity index (χ3v) is 3.28. The fourth-order valence-corrected chi connectivity index (χ4v) is 1.99. The Hall–Kier alpha value is -1.84. The smallest absolute Gasteiger partial charge is 0.305 e. The molecule has 0 saturated carbocycles. The molecule has 0 atom stereocenters. The van der Waals surface area contributed by atoms with Crippen LogP contribution in [-0.2, 0) is 4.79 Å². The summed E-state index contributed by atoms with van der Waals surface area (Å²) in [5.74, 6) is -0.581. The molecule has 20 heavy (non-hydrogen) atoms. The minimum absolute atomic E-state index is 0.0216. The van der Waals surface area contributed by atoms with E-state index in [1.54, 1.807) is 4.90 Å². The summed E-state index contributed by atoms with van der Waals surface area (Å²) in [7, 11) is 0. The van der Waals surface area contributed by atoms with Crippen molar-refractivity contribution in [3.05, 3.63) is 35.4 Å². The molecule has 1 N–H and O–H groups in total. The number of hydrogen-bond donors (Lipinski definition) is 1. The highest BCUT2D eigenvalue weighted by Crippen LogP contribution is 2.16. The van der Waals surface area contributed by atoms with E-state index >= 15 is 0 Å². The Labute approximate surface area is 120 Å². The number of carboxylic acids is 1. The van der Waals surface area contributed by atoms with Crippen LogP contribution < -0.4 is 0 Å². The second kappa shape index (κ2) is 7.08. The number of amides is 1. The zero-order chi connectivity index (χ0) is 15.3. The number of rotatable bonds is 6. The Morgan fingerprint density at radius 2 is 1.65 bits per heavy atom. The van der Waals surface area contributed by atoms with Crippen LogP contribution in [0.5, 0.6) is 0 Å². The number of nitrogens with zero attached hydrogens (tertiary/aromatic N) is 1. The molecule has 1 aromatic rings. The van der Waals surface area contributed by atoms with Crippen molar-refractivity contribution in [2.24, 2.45) is 0 Å². The summed E-state index contributed by atoms with van der Waals surface area (Å²) in [6.45, 7) is 8.22. The second-order valence-electron chi connectivity index (χ2n) is 5.51. The molecular formula is C16H23NO3. The van der Waals surface area contributed by atoms with Gasteiger partial charge in [-0.1, -0.05) is 26.0 Å². The van der Waals surface area contributed by atoms with Gasteiger partial charge in [0.1, 0.15) is 0 Å². The van der Waals surface area contributed by atoms with E-state index < -0.39 is 5.97 Å².